The molecule has 1 radical (unpaired) electrons. The van der Waals surface area contributed by atoms with Crippen LogP contribution in [0.1, 0.15) is 31.2 Å². The summed E-state index contributed by atoms with van der Waals surface area (Å²) < 4.78 is 5.76. The minimum absolute atomic E-state index is 0.806. The Morgan fingerprint density at radius 1 is 1.06 bits per heavy atom. The van der Waals surface area contributed by atoms with Crippen LogP contribution in [0.3, 0.4) is 0 Å². The van der Waals surface area contributed by atoms with Crippen LogP contribution in [-0.4, -0.2) is 13.2 Å². The second-order valence-corrected chi connectivity index (χ2v) is 4.62. The fourth-order valence-corrected chi connectivity index (χ4v) is 2.25. The van der Waals surface area contributed by atoms with Crippen molar-refractivity contribution in [2.75, 3.05) is 13.2 Å². The fraction of sp³-hybridized carbons (Fsp3) is 0.533. The molecule has 2 rings (SSSR count). The molecular weight excluding hydrogens is 196 g/mol. The largest absolute Gasteiger partial charge is 0.381 e. The van der Waals surface area contributed by atoms with Crippen molar-refractivity contribution in [3.8, 4) is 0 Å². The van der Waals surface area contributed by atoms with Crippen molar-refractivity contribution in [3.63, 3.8) is 0 Å². The fourth-order valence-electron chi connectivity index (χ4n) is 2.25. The Kier molecular flexibility index (Phi) is 4.88. The van der Waals surface area contributed by atoms with Crippen LogP contribution in [0.4, 0.5) is 0 Å². The number of benzene rings is 1. The lowest BCUT2D eigenvalue weighted by Gasteiger charge is -2.21. The molecule has 1 aliphatic rings. The summed E-state index contributed by atoms with van der Waals surface area (Å²) in [5.41, 5.74) is 1.37. The van der Waals surface area contributed by atoms with E-state index in [4.69, 9.17) is 4.74 Å². The molecule has 1 aromatic carbocycles. The first-order valence-corrected chi connectivity index (χ1v) is 6.38. The second-order valence-electron chi connectivity index (χ2n) is 4.62. The quantitative estimate of drug-likeness (QED) is 0.684. The van der Waals surface area contributed by atoms with Gasteiger partial charge in [-0.2, -0.15) is 0 Å². The first kappa shape index (κ1) is 11.7. The molecule has 1 heteroatoms. The van der Waals surface area contributed by atoms with Crippen LogP contribution in [0.2, 0.25) is 0 Å². The van der Waals surface area contributed by atoms with Gasteiger partial charge in [-0.15, -0.1) is 0 Å². The van der Waals surface area contributed by atoms with Gasteiger partial charge in [-0.25, -0.2) is 0 Å². The zero-order valence-electron chi connectivity index (χ0n) is 9.90. The molecule has 1 fully saturated rings. The molecule has 0 aliphatic heterocycles. The average Bonchev–Trinajstić information content (AvgIpc) is 2.37. The first-order valence-electron chi connectivity index (χ1n) is 6.38. The predicted molar refractivity (Wildman–Crippen MR) is 67.2 cm³/mol. The highest BCUT2D eigenvalue weighted by atomic mass is 16.5. The number of hydrogen-bond acceptors (Lipinski definition) is 1. The Hall–Kier alpha value is -0.820. The molecule has 0 saturated heterocycles. The summed E-state index contributed by atoms with van der Waals surface area (Å²) in [6.07, 6.45) is 8.66. The van der Waals surface area contributed by atoms with E-state index >= 15 is 0 Å². The molecule has 0 amide bonds. The molecular formula is C15H21O. The van der Waals surface area contributed by atoms with Gasteiger partial charge in [0.15, 0.2) is 0 Å². The van der Waals surface area contributed by atoms with Crippen molar-refractivity contribution in [2.45, 2.75) is 32.1 Å². The highest BCUT2D eigenvalue weighted by Crippen LogP contribution is 2.22. The highest BCUT2D eigenvalue weighted by molar-refractivity contribution is 5.14. The summed E-state index contributed by atoms with van der Waals surface area (Å²) in [4.78, 5) is 0. The summed E-state index contributed by atoms with van der Waals surface area (Å²) in [7, 11) is 0. The van der Waals surface area contributed by atoms with Gasteiger partial charge in [0.1, 0.15) is 0 Å². The molecule has 87 valence electrons. The van der Waals surface area contributed by atoms with E-state index in [0.29, 0.717) is 0 Å². The van der Waals surface area contributed by atoms with Crippen LogP contribution in [0.25, 0.3) is 0 Å². The second kappa shape index (κ2) is 6.70. The van der Waals surface area contributed by atoms with Crippen molar-refractivity contribution in [2.24, 2.45) is 5.92 Å². The van der Waals surface area contributed by atoms with E-state index in [9.17, 15) is 0 Å². The Bertz CT molecular complexity index is 275. The Morgan fingerprint density at radius 2 is 1.81 bits per heavy atom. The van der Waals surface area contributed by atoms with Crippen LogP contribution in [0.5, 0.6) is 0 Å². The number of ether oxygens (including phenoxy) is 1. The molecule has 16 heavy (non-hydrogen) atoms. The van der Waals surface area contributed by atoms with Gasteiger partial charge in [-0.05, 0) is 50.0 Å². The molecule has 1 aromatic rings. The van der Waals surface area contributed by atoms with Gasteiger partial charge >= 0.3 is 0 Å². The minimum atomic E-state index is 0.806. The zero-order chi connectivity index (χ0) is 11.1. The van der Waals surface area contributed by atoms with E-state index in [1.807, 2.05) is 0 Å². The van der Waals surface area contributed by atoms with E-state index in [1.54, 1.807) is 0 Å². The van der Waals surface area contributed by atoms with Crippen LogP contribution < -0.4 is 0 Å². The van der Waals surface area contributed by atoms with E-state index in [0.717, 1.165) is 25.6 Å². The molecule has 0 aromatic heterocycles. The Labute approximate surface area is 98.8 Å². The number of rotatable bonds is 5. The lowest BCUT2D eigenvalue weighted by Crippen LogP contribution is -2.14. The molecule has 0 heterocycles. The summed E-state index contributed by atoms with van der Waals surface area (Å²) in [6, 6.07) is 10.6. The van der Waals surface area contributed by atoms with Gasteiger partial charge in [0.25, 0.3) is 0 Å². The van der Waals surface area contributed by atoms with Crippen molar-refractivity contribution in [3.05, 3.63) is 42.3 Å². The van der Waals surface area contributed by atoms with Crippen LogP contribution in [0, 0.1) is 12.3 Å². The van der Waals surface area contributed by atoms with Crippen molar-refractivity contribution in [1.82, 2.24) is 0 Å². The van der Waals surface area contributed by atoms with E-state index in [2.05, 4.69) is 36.8 Å². The zero-order valence-corrected chi connectivity index (χ0v) is 9.90. The molecule has 0 atom stereocenters. The van der Waals surface area contributed by atoms with Gasteiger partial charge in [-0.3, -0.25) is 0 Å². The van der Waals surface area contributed by atoms with Gasteiger partial charge in [0.05, 0.1) is 6.61 Å². The SMILES string of the molecule is [CH]1CCC(COCCc2ccccc2)CC1. The van der Waals surface area contributed by atoms with Gasteiger partial charge < -0.3 is 4.74 Å². The molecule has 1 saturated carbocycles. The van der Waals surface area contributed by atoms with Gasteiger partial charge in [-0.1, -0.05) is 30.3 Å². The third-order valence-corrected chi connectivity index (χ3v) is 3.29. The van der Waals surface area contributed by atoms with Crippen molar-refractivity contribution in [1.29, 1.82) is 0 Å². The third-order valence-electron chi connectivity index (χ3n) is 3.29. The highest BCUT2D eigenvalue weighted by Gasteiger charge is 2.13. The third kappa shape index (κ3) is 3.97. The van der Waals surface area contributed by atoms with Gasteiger partial charge in [0.2, 0.25) is 0 Å². The standard InChI is InChI=1S/C15H21O/c1-3-7-14(8-4-1)11-12-16-13-15-9-5-2-6-10-15/h1-4,7-8,15H,5-6,9-13H2. The predicted octanol–water partition coefficient (Wildman–Crippen LogP) is 3.64. The topological polar surface area (TPSA) is 9.23 Å². The Balaban J connectivity index is 1.58. The molecule has 0 spiro atoms. The maximum Gasteiger partial charge on any atom is 0.0506 e. The average molecular weight is 217 g/mol. The minimum Gasteiger partial charge on any atom is -0.381 e. The van der Waals surface area contributed by atoms with Gasteiger partial charge in [0, 0.05) is 6.61 Å². The maximum absolute atomic E-state index is 5.76. The molecule has 0 bridgehead atoms. The number of hydrogen-bond donors (Lipinski definition) is 0. The van der Waals surface area contributed by atoms with Crippen molar-refractivity contribution < 1.29 is 4.74 Å². The van der Waals surface area contributed by atoms with Crippen LogP contribution in [-0.2, 0) is 11.2 Å². The van der Waals surface area contributed by atoms with E-state index in [-0.39, 0.29) is 0 Å². The van der Waals surface area contributed by atoms with Crippen LogP contribution >= 0.6 is 0 Å². The summed E-state index contributed by atoms with van der Waals surface area (Å²) in [5, 5.41) is 0. The summed E-state index contributed by atoms with van der Waals surface area (Å²) in [5.74, 6) is 0.806. The lowest BCUT2D eigenvalue weighted by atomic mass is 9.90. The van der Waals surface area contributed by atoms with Crippen molar-refractivity contribution >= 4 is 0 Å². The first-order chi connectivity index (χ1) is 7.95. The monoisotopic (exact) mass is 217 g/mol. The summed E-state index contributed by atoms with van der Waals surface area (Å²) >= 11 is 0. The smallest absolute Gasteiger partial charge is 0.0506 e. The van der Waals surface area contributed by atoms with E-state index in [1.165, 1.54) is 31.2 Å². The van der Waals surface area contributed by atoms with Crippen LogP contribution in [0.15, 0.2) is 30.3 Å². The summed E-state index contributed by atoms with van der Waals surface area (Å²) in [6.45, 7) is 1.82. The molecule has 1 nitrogen and oxygen atoms in total. The normalized spacial score (nSPS) is 17.5. The van der Waals surface area contributed by atoms with E-state index < -0.39 is 0 Å². The maximum atomic E-state index is 5.76. The lowest BCUT2D eigenvalue weighted by molar-refractivity contribution is 0.0915. The molecule has 1 aliphatic carbocycles. The molecule has 0 unspecified atom stereocenters. The Morgan fingerprint density at radius 3 is 2.56 bits per heavy atom. The molecule has 0 N–H and O–H groups in total.